The van der Waals surface area contributed by atoms with Crippen LogP contribution in [-0.4, -0.2) is 11.2 Å². The quantitative estimate of drug-likeness (QED) is 0.755. The normalized spacial score (nSPS) is 46.9. The molecule has 0 aromatic heterocycles. The fourth-order valence-corrected chi connectivity index (χ4v) is 3.93. The lowest BCUT2D eigenvalue weighted by Gasteiger charge is -2.37. The van der Waals surface area contributed by atoms with E-state index in [-0.39, 0.29) is 6.10 Å². The Hall–Kier alpha value is -0.0400. The Labute approximate surface area is 101 Å². The van der Waals surface area contributed by atoms with E-state index >= 15 is 0 Å². The van der Waals surface area contributed by atoms with Crippen molar-refractivity contribution in [2.45, 2.75) is 65.4 Å². The van der Waals surface area contributed by atoms with Gasteiger partial charge in [0, 0.05) is 0 Å². The van der Waals surface area contributed by atoms with Crippen molar-refractivity contribution in [2.75, 3.05) is 0 Å². The molecule has 2 fully saturated rings. The van der Waals surface area contributed by atoms with Crippen molar-refractivity contribution < 1.29 is 5.11 Å². The maximum absolute atomic E-state index is 10.5. The highest BCUT2D eigenvalue weighted by atomic mass is 16.3. The SMILES string of the molecule is CC1CCC(C(O)C2CCCC2C)CC1C. The molecule has 0 heterocycles. The van der Waals surface area contributed by atoms with E-state index in [1.165, 1.54) is 38.5 Å². The van der Waals surface area contributed by atoms with Crippen molar-refractivity contribution in [3.05, 3.63) is 0 Å². The zero-order valence-corrected chi connectivity index (χ0v) is 11.2. The number of aliphatic hydroxyl groups is 1. The number of hydrogen-bond acceptors (Lipinski definition) is 1. The maximum Gasteiger partial charge on any atom is 0.0599 e. The van der Waals surface area contributed by atoms with Gasteiger partial charge in [0.2, 0.25) is 0 Å². The van der Waals surface area contributed by atoms with E-state index in [4.69, 9.17) is 0 Å². The summed E-state index contributed by atoms with van der Waals surface area (Å²) < 4.78 is 0. The first kappa shape index (κ1) is 12.4. The van der Waals surface area contributed by atoms with Gasteiger partial charge in [-0.1, -0.05) is 40.0 Å². The largest absolute Gasteiger partial charge is 0.393 e. The second-order valence-corrected chi connectivity index (χ2v) is 6.59. The van der Waals surface area contributed by atoms with E-state index in [0.29, 0.717) is 11.8 Å². The second-order valence-electron chi connectivity index (χ2n) is 6.59. The lowest BCUT2D eigenvalue weighted by Crippen LogP contribution is -2.35. The fraction of sp³-hybridized carbons (Fsp3) is 1.00. The Kier molecular flexibility index (Phi) is 3.94. The summed E-state index contributed by atoms with van der Waals surface area (Å²) in [4.78, 5) is 0. The lowest BCUT2D eigenvalue weighted by atomic mass is 9.70. The molecule has 0 bridgehead atoms. The van der Waals surface area contributed by atoms with Gasteiger partial charge in [-0.2, -0.15) is 0 Å². The van der Waals surface area contributed by atoms with Gasteiger partial charge in [0.25, 0.3) is 0 Å². The third-order valence-corrected chi connectivity index (χ3v) is 5.49. The minimum Gasteiger partial charge on any atom is -0.393 e. The van der Waals surface area contributed by atoms with Gasteiger partial charge in [-0.25, -0.2) is 0 Å². The molecular formula is C15H28O. The maximum atomic E-state index is 10.5. The fourth-order valence-electron chi connectivity index (χ4n) is 3.93. The van der Waals surface area contributed by atoms with Gasteiger partial charge < -0.3 is 5.11 Å². The summed E-state index contributed by atoms with van der Waals surface area (Å²) in [5.74, 6) is 3.63. The molecule has 6 unspecified atom stereocenters. The highest BCUT2D eigenvalue weighted by Crippen LogP contribution is 2.42. The van der Waals surface area contributed by atoms with Crippen LogP contribution in [0.3, 0.4) is 0 Å². The molecule has 0 spiro atoms. The van der Waals surface area contributed by atoms with Crippen LogP contribution in [0.5, 0.6) is 0 Å². The van der Waals surface area contributed by atoms with Crippen LogP contribution < -0.4 is 0 Å². The van der Waals surface area contributed by atoms with Crippen LogP contribution in [0.4, 0.5) is 0 Å². The van der Waals surface area contributed by atoms with Crippen LogP contribution in [0, 0.1) is 29.6 Å². The molecule has 1 heteroatoms. The molecule has 1 nitrogen and oxygen atoms in total. The smallest absolute Gasteiger partial charge is 0.0599 e. The Morgan fingerprint density at radius 3 is 2.19 bits per heavy atom. The van der Waals surface area contributed by atoms with Crippen molar-refractivity contribution in [3.63, 3.8) is 0 Å². The number of rotatable bonds is 2. The molecular weight excluding hydrogens is 196 g/mol. The summed E-state index contributed by atoms with van der Waals surface area (Å²) >= 11 is 0. The highest BCUT2D eigenvalue weighted by molar-refractivity contribution is 4.87. The molecule has 0 aromatic rings. The standard InChI is InChI=1S/C15H28O/c1-10-7-8-13(9-12(10)3)15(16)14-6-4-5-11(14)2/h10-16H,4-9H2,1-3H3. The summed E-state index contributed by atoms with van der Waals surface area (Å²) in [7, 11) is 0. The Bertz CT molecular complexity index is 225. The van der Waals surface area contributed by atoms with Gasteiger partial charge in [0.15, 0.2) is 0 Å². The molecule has 6 atom stereocenters. The summed E-state index contributed by atoms with van der Waals surface area (Å²) in [5, 5.41) is 10.5. The van der Waals surface area contributed by atoms with E-state index in [2.05, 4.69) is 20.8 Å². The summed E-state index contributed by atoms with van der Waals surface area (Å²) in [6.45, 7) is 7.06. The molecule has 1 N–H and O–H groups in total. The minimum atomic E-state index is -0.00699. The van der Waals surface area contributed by atoms with Gasteiger partial charge in [0.1, 0.15) is 0 Å². The van der Waals surface area contributed by atoms with Crippen molar-refractivity contribution in [3.8, 4) is 0 Å². The number of aliphatic hydroxyl groups excluding tert-OH is 1. The number of hydrogen-bond donors (Lipinski definition) is 1. The zero-order chi connectivity index (χ0) is 11.7. The molecule has 2 aliphatic carbocycles. The molecule has 0 saturated heterocycles. The molecule has 2 saturated carbocycles. The summed E-state index contributed by atoms with van der Waals surface area (Å²) in [6.07, 6.45) is 7.77. The average molecular weight is 224 g/mol. The monoisotopic (exact) mass is 224 g/mol. The lowest BCUT2D eigenvalue weighted by molar-refractivity contribution is 0.00383. The van der Waals surface area contributed by atoms with E-state index in [9.17, 15) is 5.11 Å². The molecule has 0 aromatic carbocycles. The first-order valence-electron chi connectivity index (χ1n) is 7.27. The van der Waals surface area contributed by atoms with Crippen molar-refractivity contribution in [1.82, 2.24) is 0 Å². The molecule has 2 aliphatic rings. The van der Waals surface area contributed by atoms with Crippen LogP contribution in [0.2, 0.25) is 0 Å². The van der Waals surface area contributed by atoms with E-state index in [0.717, 1.165) is 17.8 Å². The van der Waals surface area contributed by atoms with Crippen LogP contribution in [-0.2, 0) is 0 Å². The third kappa shape index (κ3) is 2.45. The molecule has 0 amide bonds. The molecule has 0 radical (unpaired) electrons. The predicted octanol–water partition coefficient (Wildman–Crippen LogP) is 3.86. The third-order valence-electron chi connectivity index (χ3n) is 5.49. The minimum absolute atomic E-state index is 0.00699. The van der Waals surface area contributed by atoms with Crippen LogP contribution in [0.15, 0.2) is 0 Å². The van der Waals surface area contributed by atoms with Gasteiger partial charge in [-0.05, 0) is 48.9 Å². The van der Waals surface area contributed by atoms with Crippen molar-refractivity contribution >= 4 is 0 Å². The van der Waals surface area contributed by atoms with Crippen LogP contribution >= 0.6 is 0 Å². The predicted molar refractivity (Wildman–Crippen MR) is 68.2 cm³/mol. The second kappa shape index (κ2) is 5.08. The van der Waals surface area contributed by atoms with Crippen LogP contribution in [0.25, 0.3) is 0 Å². The van der Waals surface area contributed by atoms with Gasteiger partial charge >= 0.3 is 0 Å². The Balaban J connectivity index is 1.92. The zero-order valence-electron chi connectivity index (χ0n) is 11.2. The van der Waals surface area contributed by atoms with Gasteiger partial charge in [0.05, 0.1) is 6.10 Å². The Morgan fingerprint density at radius 2 is 1.62 bits per heavy atom. The first-order valence-corrected chi connectivity index (χ1v) is 7.27. The van der Waals surface area contributed by atoms with Gasteiger partial charge in [-0.3, -0.25) is 0 Å². The van der Waals surface area contributed by atoms with Crippen molar-refractivity contribution in [1.29, 1.82) is 0 Å². The molecule has 94 valence electrons. The highest BCUT2D eigenvalue weighted by Gasteiger charge is 2.37. The van der Waals surface area contributed by atoms with Gasteiger partial charge in [-0.15, -0.1) is 0 Å². The summed E-state index contributed by atoms with van der Waals surface area (Å²) in [6, 6.07) is 0. The van der Waals surface area contributed by atoms with E-state index < -0.39 is 0 Å². The Morgan fingerprint density at radius 1 is 0.875 bits per heavy atom. The molecule has 2 rings (SSSR count). The average Bonchev–Trinajstić information content (AvgIpc) is 2.67. The summed E-state index contributed by atoms with van der Waals surface area (Å²) in [5.41, 5.74) is 0. The first-order chi connectivity index (χ1) is 7.59. The topological polar surface area (TPSA) is 20.2 Å². The van der Waals surface area contributed by atoms with E-state index in [1.54, 1.807) is 0 Å². The van der Waals surface area contributed by atoms with E-state index in [1.807, 2.05) is 0 Å². The molecule has 0 aliphatic heterocycles. The van der Waals surface area contributed by atoms with Crippen molar-refractivity contribution in [2.24, 2.45) is 29.6 Å². The molecule has 16 heavy (non-hydrogen) atoms. The van der Waals surface area contributed by atoms with Crippen LogP contribution in [0.1, 0.15) is 59.3 Å².